The smallest absolute Gasteiger partial charge is 0.233 e. The lowest BCUT2D eigenvalue weighted by atomic mass is 9.81. The van der Waals surface area contributed by atoms with Gasteiger partial charge in [0, 0.05) is 13.5 Å². The van der Waals surface area contributed by atoms with Crippen molar-refractivity contribution >= 4 is 5.91 Å². The Balaban J connectivity index is 1.99. The molecule has 118 valence electrons. The molecule has 1 aromatic heterocycles. The van der Waals surface area contributed by atoms with Crippen LogP contribution >= 0.6 is 0 Å². The first-order valence-electron chi connectivity index (χ1n) is 7.84. The van der Waals surface area contributed by atoms with E-state index in [1.54, 1.807) is 6.92 Å². The van der Waals surface area contributed by atoms with E-state index in [-0.39, 0.29) is 11.4 Å². The number of aromatic nitrogens is 2. The lowest BCUT2D eigenvalue weighted by molar-refractivity contribution is -0.120. The van der Waals surface area contributed by atoms with Gasteiger partial charge in [0.15, 0.2) is 5.82 Å². The van der Waals surface area contributed by atoms with Gasteiger partial charge in [-0.3, -0.25) is 10.1 Å². The summed E-state index contributed by atoms with van der Waals surface area (Å²) >= 11 is 0. The summed E-state index contributed by atoms with van der Waals surface area (Å²) in [5.74, 6) is 1.74. The average molecular weight is 294 g/mol. The zero-order valence-electron chi connectivity index (χ0n) is 13.2. The van der Waals surface area contributed by atoms with Crippen molar-refractivity contribution in [3.05, 3.63) is 11.7 Å². The zero-order valence-corrected chi connectivity index (χ0v) is 13.2. The fourth-order valence-electron chi connectivity index (χ4n) is 2.76. The van der Waals surface area contributed by atoms with Crippen LogP contribution < -0.4 is 10.6 Å². The molecule has 1 amide bonds. The molecule has 0 aliphatic heterocycles. The predicted octanol–water partition coefficient (Wildman–Crippen LogP) is 1.90. The van der Waals surface area contributed by atoms with E-state index in [9.17, 15) is 4.79 Å². The molecule has 6 heteroatoms. The molecule has 0 spiro atoms. The Bertz CT molecular complexity index is 464. The number of amides is 1. The molecule has 0 bridgehead atoms. The molecule has 0 unspecified atom stereocenters. The second kappa shape index (κ2) is 7.02. The molecule has 1 saturated carbocycles. The van der Waals surface area contributed by atoms with Crippen molar-refractivity contribution < 1.29 is 9.32 Å². The predicted molar refractivity (Wildman–Crippen MR) is 79.6 cm³/mol. The maximum atomic E-state index is 11.9. The fourth-order valence-corrected chi connectivity index (χ4v) is 2.76. The van der Waals surface area contributed by atoms with Crippen LogP contribution in [0, 0.1) is 12.8 Å². The molecular formula is C15H26N4O2. The summed E-state index contributed by atoms with van der Waals surface area (Å²) in [5, 5.41) is 10.4. The highest BCUT2D eigenvalue weighted by Crippen LogP contribution is 2.35. The summed E-state index contributed by atoms with van der Waals surface area (Å²) in [4.78, 5) is 16.3. The zero-order chi connectivity index (χ0) is 15.3. The Morgan fingerprint density at radius 2 is 2.05 bits per heavy atom. The Morgan fingerprint density at radius 3 is 2.62 bits per heavy atom. The quantitative estimate of drug-likeness (QED) is 0.837. The van der Waals surface area contributed by atoms with E-state index >= 15 is 0 Å². The molecular weight excluding hydrogens is 268 g/mol. The van der Waals surface area contributed by atoms with Crippen LogP contribution in [0.15, 0.2) is 4.52 Å². The van der Waals surface area contributed by atoms with Crippen LogP contribution in [-0.4, -0.2) is 29.1 Å². The van der Waals surface area contributed by atoms with Crippen molar-refractivity contribution in [2.24, 2.45) is 5.92 Å². The van der Waals surface area contributed by atoms with Crippen molar-refractivity contribution in [3.63, 3.8) is 0 Å². The average Bonchev–Trinajstić information content (AvgIpc) is 2.91. The highest BCUT2D eigenvalue weighted by molar-refractivity contribution is 5.78. The van der Waals surface area contributed by atoms with E-state index in [1.165, 1.54) is 6.42 Å². The molecule has 0 radical (unpaired) electrons. The molecule has 1 heterocycles. The molecule has 0 atom stereocenters. The Morgan fingerprint density at radius 1 is 1.33 bits per heavy atom. The summed E-state index contributed by atoms with van der Waals surface area (Å²) in [5.41, 5.74) is -0.314. The Hall–Kier alpha value is -1.43. The molecule has 1 fully saturated rings. The van der Waals surface area contributed by atoms with Crippen LogP contribution in [0.2, 0.25) is 0 Å². The highest BCUT2D eigenvalue weighted by Gasteiger charge is 2.38. The van der Waals surface area contributed by atoms with Gasteiger partial charge in [-0.15, -0.1) is 0 Å². The lowest BCUT2D eigenvalue weighted by Crippen LogP contribution is -2.49. The van der Waals surface area contributed by atoms with Gasteiger partial charge in [-0.1, -0.05) is 38.3 Å². The molecule has 0 saturated heterocycles. The number of nitrogens with one attached hydrogen (secondary N) is 2. The fraction of sp³-hybridized carbons (Fsp3) is 0.800. The van der Waals surface area contributed by atoms with Gasteiger partial charge in [0.1, 0.15) is 0 Å². The molecule has 2 N–H and O–H groups in total. The summed E-state index contributed by atoms with van der Waals surface area (Å²) in [6, 6.07) is 0. The number of carbonyl (C=O) groups excluding carboxylic acids is 1. The van der Waals surface area contributed by atoms with E-state index in [0.717, 1.165) is 25.7 Å². The van der Waals surface area contributed by atoms with E-state index in [2.05, 4.69) is 34.6 Å². The maximum absolute atomic E-state index is 11.9. The van der Waals surface area contributed by atoms with E-state index in [1.807, 2.05) is 0 Å². The Kier molecular flexibility index (Phi) is 5.33. The SMILES string of the molecule is Cc1nc(C2(NCC(=O)NCC(C)C)CCCCC2)no1. The Labute approximate surface area is 126 Å². The van der Waals surface area contributed by atoms with Gasteiger partial charge < -0.3 is 9.84 Å². The third kappa shape index (κ3) is 4.27. The number of aryl methyl sites for hydroxylation is 1. The molecule has 0 aromatic carbocycles. The van der Waals surface area contributed by atoms with Gasteiger partial charge in [0.2, 0.25) is 11.8 Å². The normalized spacial score (nSPS) is 17.9. The van der Waals surface area contributed by atoms with Crippen LogP contribution in [0.1, 0.15) is 57.7 Å². The minimum absolute atomic E-state index is 0.0221. The number of nitrogens with zero attached hydrogens (tertiary/aromatic N) is 2. The van der Waals surface area contributed by atoms with Crippen LogP contribution in [0.4, 0.5) is 0 Å². The lowest BCUT2D eigenvalue weighted by Gasteiger charge is -2.35. The van der Waals surface area contributed by atoms with Gasteiger partial charge in [0.05, 0.1) is 12.1 Å². The van der Waals surface area contributed by atoms with Crippen molar-refractivity contribution in [2.45, 2.75) is 58.4 Å². The van der Waals surface area contributed by atoms with E-state index in [4.69, 9.17) is 4.52 Å². The third-order valence-electron chi connectivity index (χ3n) is 3.96. The summed E-state index contributed by atoms with van der Waals surface area (Å²) in [7, 11) is 0. The van der Waals surface area contributed by atoms with E-state index in [0.29, 0.717) is 30.7 Å². The largest absolute Gasteiger partial charge is 0.355 e. The number of carbonyl (C=O) groups is 1. The van der Waals surface area contributed by atoms with Crippen molar-refractivity contribution in [2.75, 3.05) is 13.1 Å². The number of hydrogen-bond acceptors (Lipinski definition) is 5. The van der Waals surface area contributed by atoms with Gasteiger partial charge in [-0.2, -0.15) is 4.98 Å². The van der Waals surface area contributed by atoms with Crippen LogP contribution in [0.25, 0.3) is 0 Å². The van der Waals surface area contributed by atoms with Crippen LogP contribution in [0.5, 0.6) is 0 Å². The first-order valence-corrected chi connectivity index (χ1v) is 7.84. The van der Waals surface area contributed by atoms with Crippen LogP contribution in [0.3, 0.4) is 0 Å². The highest BCUT2D eigenvalue weighted by atomic mass is 16.5. The number of rotatable bonds is 6. The van der Waals surface area contributed by atoms with Crippen molar-refractivity contribution in [1.29, 1.82) is 0 Å². The molecule has 21 heavy (non-hydrogen) atoms. The summed E-state index contributed by atoms with van der Waals surface area (Å²) in [6.45, 7) is 6.95. The number of hydrogen-bond donors (Lipinski definition) is 2. The summed E-state index contributed by atoms with van der Waals surface area (Å²) < 4.78 is 5.13. The molecule has 1 aromatic rings. The van der Waals surface area contributed by atoms with Crippen molar-refractivity contribution in [1.82, 2.24) is 20.8 Å². The molecule has 1 aliphatic carbocycles. The van der Waals surface area contributed by atoms with Gasteiger partial charge in [-0.05, 0) is 18.8 Å². The first-order chi connectivity index (χ1) is 10.0. The molecule has 6 nitrogen and oxygen atoms in total. The molecule has 2 rings (SSSR count). The van der Waals surface area contributed by atoms with Gasteiger partial charge in [0.25, 0.3) is 0 Å². The van der Waals surface area contributed by atoms with Crippen molar-refractivity contribution in [3.8, 4) is 0 Å². The third-order valence-corrected chi connectivity index (χ3v) is 3.96. The summed E-state index contributed by atoms with van der Waals surface area (Å²) in [6.07, 6.45) is 5.36. The second-order valence-electron chi connectivity index (χ2n) is 6.33. The molecule has 1 aliphatic rings. The minimum Gasteiger partial charge on any atom is -0.355 e. The monoisotopic (exact) mass is 294 g/mol. The van der Waals surface area contributed by atoms with Crippen LogP contribution in [-0.2, 0) is 10.3 Å². The maximum Gasteiger partial charge on any atom is 0.233 e. The topological polar surface area (TPSA) is 80.0 Å². The van der Waals surface area contributed by atoms with Gasteiger partial charge >= 0.3 is 0 Å². The minimum atomic E-state index is -0.314. The first kappa shape index (κ1) is 15.9. The second-order valence-corrected chi connectivity index (χ2v) is 6.33. The van der Waals surface area contributed by atoms with Gasteiger partial charge in [-0.25, -0.2) is 0 Å². The standard InChI is InChI=1S/C15H26N4O2/c1-11(2)9-16-13(20)10-17-15(7-5-4-6-8-15)14-18-12(3)21-19-14/h11,17H,4-10H2,1-3H3,(H,16,20). The van der Waals surface area contributed by atoms with E-state index < -0.39 is 0 Å².